The smallest absolute Gasteiger partial charge is 0.410 e. The number of methoxy groups -OCH3 is 2. The minimum absolute atomic E-state index is 0.245. The molecular weight excluding hydrogens is 374 g/mol. The van der Waals surface area contributed by atoms with Gasteiger partial charge in [-0.1, -0.05) is 18.2 Å². The van der Waals surface area contributed by atoms with Gasteiger partial charge in [0.2, 0.25) is 0 Å². The number of rotatable bonds is 6. The number of amides is 3. The number of likely N-dealkylation sites (tertiary alicyclic amines) is 1. The van der Waals surface area contributed by atoms with Gasteiger partial charge in [-0.3, -0.25) is 0 Å². The predicted molar refractivity (Wildman–Crippen MR) is 111 cm³/mol. The lowest BCUT2D eigenvalue weighted by atomic mass is 9.88. The Morgan fingerprint density at radius 2 is 1.76 bits per heavy atom. The summed E-state index contributed by atoms with van der Waals surface area (Å²) in [6, 6.07) is 7.45. The molecule has 8 nitrogen and oxygen atoms in total. The molecule has 1 fully saturated rings. The van der Waals surface area contributed by atoms with Crippen molar-refractivity contribution in [2.75, 3.05) is 39.2 Å². The van der Waals surface area contributed by atoms with Crippen LogP contribution in [0.15, 0.2) is 24.3 Å². The first-order chi connectivity index (χ1) is 13.7. The van der Waals surface area contributed by atoms with Gasteiger partial charge in [0, 0.05) is 33.0 Å². The molecule has 0 unspecified atom stereocenters. The summed E-state index contributed by atoms with van der Waals surface area (Å²) in [5.41, 5.74) is 1.34. The molecule has 1 aliphatic heterocycles. The fourth-order valence-electron chi connectivity index (χ4n) is 3.27. The molecule has 0 radical (unpaired) electrons. The summed E-state index contributed by atoms with van der Waals surface area (Å²) in [4.78, 5) is 26.3. The lowest BCUT2D eigenvalue weighted by molar-refractivity contribution is -0.0970. The first-order valence-corrected chi connectivity index (χ1v) is 9.90. The molecule has 0 spiro atoms. The monoisotopic (exact) mass is 407 g/mol. The van der Waals surface area contributed by atoms with Gasteiger partial charge in [0.15, 0.2) is 6.29 Å². The highest BCUT2D eigenvalue weighted by molar-refractivity contribution is 5.90. The summed E-state index contributed by atoms with van der Waals surface area (Å²) >= 11 is 0. The van der Waals surface area contributed by atoms with E-state index >= 15 is 0 Å². The summed E-state index contributed by atoms with van der Waals surface area (Å²) in [5, 5.41) is 5.65. The molecule has 1 aromatic carbocycles. The number of nitrogens with zero attached hydrogens (tertiary/aromatic N) is 1. The molecule has 1 aliphatic rings. The van der Waals surface area contributed by atoms with Crippen molar-refractivity contribution in [2.45, 2.75) is 51.4 Å². The van der Waals surface area contributed by atoms with Crippen LogP contribution in [0.5, 0.6) is 0 Å². The van der Waals surface area contributed by atoms with Gasteiger partial charge in [-0.05, 0) is 51.2 Å². The molecule has 2 rings (SSSR count). The van der Waals surface area contributed by atoms with Crippen molar-refractivity contribution in [2.24, 2.45) is 0 Å². The van der Waals surface area contributed by atoms with E-state index in [9.17, 15) is 9.59 Å². The summed E-state index contributed by atoms with van der Waals surface area (Å²) in [6.45, 7) is 7.10. The first-order valence-electron chi connectivity index (χ1n) is 9.90. The first kappa shape index (κ1) is 23.0. The number of para-hydroxylation sites is 1. The van der Waals surface area contributed by atoms with E-state index in [4.69, 9.17) is 14.2 Å². The lowest BCUT2D eigenvalue weighted by Gasteiger charge is -2.34. The van der Waals surface area contributed by atoms with Crippen molar-refractivity contribution < 1.29 is 23.8 Å². The molecule has 1 saturated heterocycles. The van der Waals surface area contributed by atoms with Gasteiger partial charge in [-0.15, -0.1) is 0 Å². The fraction of sp³-hybridized carbons (Fsp3) is 0.619. The van der Waals surface area contributed by atoms with Crippen molar-refractivity contribution in [1.29, 1.82) is 0 Å². The van der Waals surface area contributed by atoms with Gasteiger partial charge in [0.25, 0.3) is 0 Å². The van der Waals surface area contributed by atoms with Gasteiger partial charge in [-0.2, -0.15) is 0 Å². The molecular formula is C21H33N3O5. The minimum Gasteiger partial charge on any atom is -0.444 e. The molecule has 0 aromatic heterocycles. The van der Waals surface area contributed by atoms with Crippen molar-refractivity contribution in [3.05, 3.63) is 29.8 Å². The van der Waals surface area contributed by atoms with Crippen LogP contribution in [-0.4, -0.2) is 62.8 Å². The minimum atomic E-state index is -0.498. The number of carbonyl (C=O) groups excluding carboxylic acids is 2. The van der Waals surface area contributed by atoms with E-state index in [-0.39, 0.29) is 24.6 Å². The normalized spacial score (nSPS) is 15.3. The Kier molecular flexibility index (Phi) is 8.28. The van der Waals surface area contributed by atoms with Crippen LogP contribution in [0.25, 0.3) is 0 Å². The molecule has 2 N–H and O–H groups in total. The molecule has 8 heteroatoms. The average molecular weight is 408 g/mol. The van der Waals surface area contributed by atoms with Crippen molar-refractivity contribution in [3.8, 4) is 0 Å². The summed E-state index contributed by atoms with van der Waals surface area (Å²) < 4.78 is 15.6. The zero-order valence-corrected chi connectivity index (χ0v) is 18.0. The van der Waals surface area contributed by atoms with Gasteiger partial charge in [0.05, 0.1) is 6.54 Å². The van der Waals surface area contributed by atoms with Crippen LogP contribution >= 0.6 is 0 Å². The second-order valence-corrected chi connectivity index (χ2v) is 8.06. The Bertz CT molecular complexity index is 677. The predicted octanol–water partition coefficient (Wildman–Crippen LogP) is 3.54. The van der Waals surface area contributed by atoms with Crippen molar-refractivity contribution >= 4 is 17.8 Å². The van der Waals surface area contributed by atoms with E-state index in [2.05, 4.69) is 10.6 Å². The number of hydrogen-bond donors (Lipinski definition) is 2. The van der Waals surface area contributed by atoms with E-state index in [0.29, 0.717) is 13.1 Å². The highest BCUT2D eigenvalue weighted by atomic mass is 16.7. The second-order valence-electron chi connectivity index (χ2n) is 8.06. The fourth-order valence-corrected chi connectivity index (χ4v) is 3.27. The third kappa shape index (κ3) is 7.21. The van der Waals surface area contributed by atoms with E-state index in [1.54, 1.807) is 4.90 Å². The zero-order valence-electron chi connectivity index (χ0n) is 18.0. The second kappa shape index (κ2) is 10.5. The Morgan fingerprint density at radius 3 is 2.34 bits per heavy atom. The van der Waals surface area contributed by atoms with E-state index < -0.39 is 11.9 Å². The van der Waals surface area contributed by atoms with E-state index in [1.807, 2.05) is 45.0 Å². The molecule has 0 aliphatic carbocycles. The largest absolute Gasteiger partial charge is 0.444 e. The Morgan fingerprint density at radius 1 is 1.14 bits per heavy atom. The molecule has 0 bridgehead atoms. The van der Waals surface area contributed by atoms with Crippen LogP contribution < -0.4 is 10.6 Å². The molecule has 0 atom stereocenters. The Hall–Kier alpha value is -2.32. The SMILES string of the molecule is COC(CNC(=O)Nc1ccccc1C1CCN(C(=O)OC(C)(C)C)CC1)OC. The standard InChI is InChI=1S/C21H33N3O5/c1-21(2,3)29-20(26)24-12-10-15(11-13-24)16-8-6-7-9-17(16)23-19(25)22-14-18(27-4)28-5/h6-9,15,18H,10-14H2,1-5H3,(H2,22,23,25). The maximum atomic E-state index is 12.3. The van der Waals surface area contributed by atoms with Crippen LogP contribution in [0.3, 0.4) is 0 Å². The highest BCUT2D eigenvalue weighted by Crippen LogP contribution is 2.33. The van der Waals surface area contributed by atoms with Gasteiger partial charge < -0.3 is 29.7 Å². The summed E-state index contributed by atoms with van der Waals surface area (Å²) in [7, 11) is 3.04. The molecule has 1 heterocycles. The van der Waals surface area contributed by atoms with Crippen molar-refractivity contribution in [1.82, 2.24) is 10.2 Å². The number of carbonyl (C=O) groups is 2. The van der Waals surface area contributed by atoms with Gasteiger partial charge in [0.1, 0.15) is 5.60 Å². The number of nitrogens with one attached hydrogen (secondary N) is 2. The Balaban J connectivity index is 1.94. The molecule has 1 aromatic rings. The van der Waals surface area contributed by atoms with Crippen LogP contribution in [0.1, 0.15) is 45.1 Å². The van der Waals surface area contributed by atoms with Gasteiger partial charge >= 0.3 is 12.1 Å². The quantitative estimate of drug-likeness (QED) is 0.704. The highest BCUT2D eigenvalue weighted by Gasteiger charge is 2.28. The number of benzene rings is 1. The zero-order chi connectivity index (χ0) is 21.4. The van der Waals surface area contributed by atoms with Crippen LogP contribution in [0, 0.1) is 0 Å². The maximum absolute atomic E-state index is 12.3. The lowest BCUT2D eigenvalue weighted by Crippen LogP contribution is -2.41. The van der Waals surface area contributed by atoms with Crippen LogP contribution in [-0.2, 0) is 14.2 Å². The molecule has 162 valence electrons. The average Bonchev–Trinajstić information content (AvgIpc) is 2.68. The Labute approximate surface area is 172 Å². The number of hydrogen-bond acceptors (Lipinski definition) is 5. The number of anilines is 1. The van der Waals surface area contributed by atoms with Crippen molar-refractivity contribution in [3.63, 3.8) is 0 Å². The van der Waals surface area contributed by atoms with E-state index in [1.165, 1.54) is 14.2 Å². The topological polar surface area (TPSA) is 89.1 Å². The third-order valence-electron chi connectivity index (χ3n) is 4.75. The number of ether oxygens (including phenoxy) is 3. The molecule has 3 amide bonds. The molecule has 29 heavy (non-hydrogen) atoms. The third-order valence-corrected chi connectivity index (χ3v) is 4.75. The van der Waals surface area contributed by atoms with Gasteiger partial charge in [-0.25, -0.2) is 9.59 Å². The number of urea groups is 1. The van der Waals surface area contributed by atoms with Crippen LogP contribution in [0.4, 0.5) is 15.3 Å². The maximum Gasteiger partial charge on any atom is 0.410 e. The number of piperidine rings is 1. The van der Waals surface area contributed by atoms with Crippen LogP contribution in [0.2, 0.25) is 0 Å². The summed E-state index contributed by atoms with van der Waals surface area (Å²) in [6.07, 6.45) is 0.866. The van der Waals surface area contributed by atoms with E-state index in [0.717, 1.165) is 24.1 Å². The summed E-state index contributed by atoms with van der Waals surface area (Å²) in [5.74, 6) is 0.260. The molecule has 0 saturated carbocycles.